The Labute approximate surface area is 94.2 Å². The normalized spacial score (nSPS) is 11.7. The van der Waals surface area contributed by atoms with Gasteiger partial charge in [-0.15, -0.1) is 0 Å². The molecule has 15 heavy (non-hydrogen) atoms. The second kappa shape index (κ2) is 4.00. The summed E-state index contributed by atoms with van der Waals surface area (Å²) in [6.07, 6.45) is 0. The summed E-state index contributed by atoms with van der Waals surface area (Å²) in [4.78, 5) is 6.97. The fourth-order valence-electron chi connectivity index (χ4n) is 1.37. The zero-order valence-corrected chi connectivity index (χ0v) is 12.2. The fourth-order valence-corrected chi connectivity index (χ4v) is 3.91. The van der Waals surface area contributed by atoms with Gasteiger partial charge in [0.05, 0.1) is 0 Å². The molecule has 3 heteroatoms. The molecule has 78 valence electrons. The van der Waals surface area contributed by atoms with Crippen molar-refractivity contribution in [2.24, 2.45) is 0 Å². The Bertz CT molecular complexity index is 442. The molecule has 1 aromatic heterocycles. The van der Waals surface area contributed by atoms with Gasteiger partial charge < -0.3 is 0 Å². The molecule has 0 aliphatic carbocycles. The molecule has 0 aliphatic heterocycles. The standard InChI is InChI=1S/C9H6NO.3CH3.Sn/c1-2-4-8(5-3-1)9-6-7-11-10-9;;;;/h1-6H;3*1H3;. The van der Waals surface area contributed by atoms with Gasteiger partial charge in [-0.25, -0.2) is 0 Å². The first-order valence-corrected chi connectivity index (χ1v) is 15.1. The van der Waals surface area contributed by atoms with E-state index in [2.05, 4.69) is 38.2 Å². The van der Waals surface area contributed by atoms with Gasteiger partial charge in [-0.05, 0) is 0 Å². The minimum atomic E-state index is -2.09. The van der Waals surface area contributed by atoms with Crippen LogP contribution < -0.4 is 3.78 Å². The number of benzene rings is 1. The Kier molecular flexibility index (Phi) is 2.87. The van der Waals surface area contributed by atoms with Crippen LogP contribution in [0, 0.1) is 0 Å². The molecular weight excluding hydrogens is 293 g/mol. The topological polar surface area (TPSA) is 26.0 Å². The molecule has 2 aromatic rings. The van der Waals surface area contributed by atoms with Crippen molar-refractivity contribution in [2.45, 2.75) is 14.8 Å². The SMILES string of the molecule is [CH3][Sn]([CH3])([CH3])[c]1cc(-c2ccccc2)no1. The summed E-state index contributed by atoms with van der Waals surface area (Å²) in [5.74, 6) is 0. The van der Waals surface area contributed by atoms with Crippen LogP contribution in [0.25, 0.3) is 11.3 Å². The van der Waals surface area contributed by atoms with Crippen molar-refractivity contribution in [2.75, 3.05) is 0 Å². The number of nitrogens with zero attached hydrogens (tertiary/aromatic N) is 1. The van der Waals surface area contributed by atoms with E-state index >= 15 is 0 Å². The molecule has 1 aromatic carbocycles. The van der Waals surface area contributed by atoms with E-state index in [1.165, 1.54) is 0 Å². The van der Waals surface area contributed by atoms with E-state index in [4.69, 9.17) is 4.52 Å². The van der Waals surface area contributed by atoms with Gasteiger partial charge in [0, 0.05) is 0 Å². The van der Waals surface area contributed by atoms with Crippen LogP contribution in [0.5, 0.6) is 0 Å². The van der Waals surface area contributed by atoms with Gasteiger partial charge in [0.15, 0.2) is 0 Å². The monoisotopic (exact) mass is 309 g/mol. The Morgan fingerprint density at radius 3 is 2.27 bits per heavy atom. The Morgan fingerprint density at radius 1 is 1.07 bits per heavy atom. The summed E-state index contributed by atoms with van der Waals surface area (Å²) in [5.41, 5.74) is 2.08. The predicted octanol–water partition coefficient (Wildman–Crippen LogP) is 2.89. The summed E-state index contributed by atoms with van der Waals surface area (Å²) in [6.45, 7) is 0. The minimum absolute atomic E-state index is 0.956. The molecule has 2 rings (SSSR count). The second-order valence-electron chi connectivity index (χ2n) is 4.69. The number of hydrogen-bond acceptors (Lipinski definition) is 2. The van der Waals surface area contributed by atoms with Crippen molar-refractivity contribution in [3.8, 4) is 11.3 Å². The summed E-state index contributed by atoms with van der Waals surface area (Å²) in [5, 5.41) is 4.13. The zero-order chi connectivity index (χ0) is 10.9. The van der Waals surface area contributed by atoms with Crippen LogP contribution in [0.2, 0.25) is 14.8 Å². The zero-order valence-electron chi connectivity index (χ0n) is 9.32. The van der Waals surface area contributed by atoms with Crippen molar-refractivity contribution in [1.82, 2.24) is 5.16 Å². The third kappa shape index (κ3) is 2.42. The van der Waals surface area contributed by atoms with Crippen LogP contribution in [0.1, 0.15) is 0 Å². The fraction of sp³-hybridized carbons (Fsp3) is 0.250. The van der Waals surface area contributed by atoms with Crippen molar-refractivity contribution in [1.29, 1.82) is 0 Å². The first-order chi connectivity index (χ1) is 7.07. The van der Waals surface area contributed by atoms with Crippen LogP contribution in [0.15, 0.2) is 40.9 Å². The maximum atomic E-state index is 5.43. The van der Waals surface area contributed by atoms with Crippen LogP contribution in [0.3, 0.4) is 0 Å². The molecule has 0 atom stereocenters. The van der Waals surface area contributed by atoms with E-state index < -0.39 is 18.4 Å². The van der Waals surface area contributed by atoms with E-state index in [0.29, 0.717) is 0 Å². The molecule has 0 radical (unpaired) electrons. The number of rotatable bonds is 2. The van der Waals surface area contributed by atoms with Gasteiger partial charge in [-0.1, -0.05) is 0 Å². The first-order valence-electron chi connectivity index (χ1n) is 5.10. The van der Waals surface area contributed by atoms with Crippen molar-refractivity contribution < 1.29 is 4.52 Å². The van der Waals surface area contributed by atoms with Gasteiger partial charge in [-0.2, -0.15) is 0 Å². The summed E-state index contributed by atoms with van der Waals surface area (Å²) >= 11 is -2.09. The summed E-state index contributed by atoms with van der Waals surface area (Å²) in [6, 6.07) is 12.3. The molecule has 0 spiro atoms. The maximum absolute atomic E-state index is 5.43. The van der Waals surface area contributed by atoms with Gasteiger partial charge in [0.25, 0.3) is 0 Å². The number of aromatic nitrogens is 1. The molecule has 0 saturated heterocycles. The average Bonchev–Trinajstić information content (AvgIpc) is 2.67. The van der Waals surface area contributed by atoms with Crippen LogP contribution >= 0.6 is 0 Å². The van der Waals surface area contributed by atoms with E-state index in [0.717, 1.165) is 15.0 Å². The van der Waals surface area contributed by atoms with Crippen LogP contribution in [-0.4, -0.2) is 23.5 Å². The van der Waals surface area contributed by atoms with Crippen molar-refractivity contribution in [3.63, 3.8) is 0 Å². The molecule has 0 amide bonds. The van der Waals surface area contributed by atoms with Crippen molar-refractivity contribution >= 4 is 22.2 Å². The van der Waals surface area contributed by atoms with E-state index in [1.54, 1.807) is 0 Å². The number of hydrogen-bond donors (Lipinski definition) is 0. The quantitative estimate of drug-likeness (QED) is 0.797. The van der Waals surface area contributed by atoms with Gasteiger partial charge in [-0.3, -0.25) is 0 Å². The molecule has 0 bridgehead atoms. The van der Waals surface area contributed by atoms with Crippen LogP contribution in [0.4, 0.5) is 0 Å². The second-order valence-corrected chi connectivity index (χ2v) is 18.9. The molecule has 0 fully saturated rings. The van der Waals surface area contributed by atoms with Gasteiger partial charge in [0.1, 0.15) is 0 Å². The summed E-state index contributed by atoms with van der Waals surface area (Å²) < 4.78 is 6.55. The molecule has 2 nitrogen and oxygen atoms in total. The Morgan fingerprint density at radius 2 is 1.73 bits per heavy atom. The molecule has 0 unspecified atom stereocenters. The average molecular weight is 308 g/mol. The van der Waals surface area contributed by atoms with E-state index in [-0.39, 0.29) is 0 Å². The molecule has 0 aliphatic rings. The van der Waals surface area contributed by atoms with E-state index in [1.807, 2.05) is 18.2 Å². The Hall–Kier alpha value is -0.771. The molecule has 0 saturated carbocycles. The Balaban J connectivity index is 2.37. The van der Waals surface area contributed by atoms with Crippen LogP contribution in [-0.2, 0) is 0 Å². The molecule has 1 heterocycles. The van der Waals surface area contributed by atoms with Gasteiger partial charge in [0.2, 0.25) is 0 Å². The first kappa shape index (κ1) is 10.7. The van der Waals surface area contributed by atoms with Gasteiger partial charge >= 0.3 is 94.3 Å². The third-order valence-corrected chi connectivity index (χ3v) is 7.21. The van der Waals surface area contributed by atoms with E-state index in [9.17, 15) is 0 Å². The predicted molar refractivity (Wildman–Crippen MR) is 64.9 cm³/mol. The molecule has 0 N–H and O–H groups in total. The molecular formula is C12H15NOSn. The third-order valence-electron chi connectivity index (χ3n) is 2.32. The summed E-state index contributed by atoms with van der Waals surface area (Å²) in [7, 11) is 0. The van der Waals surface area contributed by atoms with Crippen molar-refractivity contribution in [3.05, 3.63) is 36.4 Å².